The van der Waals surface area contributed by atoms with Gasteiger partial charge in [0.1, 0.15) is 0 Å². The van der Waals surface area contributed by atoms with E-state index in [9.17, 15) is 0 Å². The Bertz CT molecular complexity index is 411. The minimum Gasteiger partial charge on any atom is -0.454 e. The second-order valence-electron chi connectivity index (χ2n) is 4.46. The number of hydrogen-bond acceptors (Lipinski definition) is 5. The zero-order chi connectivity index (χ0) is 11.7. The van der Waals surface area contributed by atoms with Gasteiger partial charge in [-0.1, -0.05) is 6.07 Å². The van der Waals surface area contributed by atoms with Crippen LogP contribution >= 0.6 is 0 Å². The molecule has 0 radical (unpaired) electrons. The van der Waals surface area contributed by atoms with Gasteiger partial charge < -0.3 is 15.2 Å². The molecule has 0 aliphatic carbocycles. The van der Waals surface area contributed by atoms with Gasteiger partial charge >= 0.3 is 0 Å². The number of rotatable bonds is 3. The van der Waals surface area contributed by atoms with E-state index in [4.69, 9.17) is 15.2 Å². The van der Waals surface area contributed by atoms with E-state index >= 15 is 0 Å². The molecule has 1 saturated heterocycles. The van der Waals surface area contributed by atoms with Crippen LogP contribution in [0.5, 0.6) is 11.5 Å². The lowest BCUT2D eigenvalue weighted by Crippen LogP contribution is -2.32. The maximum Gasteiger partial charge on any atom is 0.231 e. The third kappa shape index (κ3) is 2.09. The van der Waals surface area contributed by atoms with Crippen molar-refractivity contribution >= 4 is 0 Å². The van der Waals surface area contributed by atoms with E-state index in [-0.39, 0.29) is 0 Å². The maximum absolute atomic E-state index is 5.56. The summed E-state index contributed by atoms with van der Waals surface area (Å²) in [5.41, 5.74) is 13.4. The van der Waals surface area contributed by atoms with E-state index in [2.05, 4.69) is 16.9 Å². The molecule has 5 nitrogen and oxygen atoms in total. The van der Waals surface area contributed by atoms with E-state index in [0.29, 0.717) is 25.4 Å². The third-order valence-corrected chi connectivity index (χ3v) is 3.30. The van der Waals surface area contributed by atoms with Gasteiger partial charge in [-0.15, -0.1) is 0 Å². The summed E-state index contributed by atoms with van der Waals surface area (Å²) in [6, 6.07) is 6.87. The predicted molar refractivity (Wildman–Crippen MR) is 63.7 cm³/mol. The van der Waals surface area contributed by atoms with Crippen LogP contribution < -0.4 is 26.1 Å². The largest absolute Gasteiger partial charge is 0.454 e. The van der Waals surface area contributed by atoms with Crippen LogP contribution in [-0.4, -0.2) is 19.4 Å². The van der Waals surface area contributed by atoms with Gasteiger partial charge in [0.25, 0.3) is 0 Å². The molecule has 1 fully saturated rings. The van der Waals surface area contributed by atoms with Crippen LogP contribution in [0.4, 0.5) is 0 Å². The van der Waals surface area contributed by atoms with Gasteiger partial charge in [0.05, 0.1) is 0 Å². The van der Waals surface area contributed by atoms with Gasteiger partial charge in [-0.2, -0.15) is 0 Å². The average Bonchev–Trinajstić information content (AvgIpc) is 2.96. The number of hydrogen-bond donors (Lipinski definition) is 3. The number of benzene rings is 1. The van der Waals surface area contributed by atoms with Crippen molar-refractivity contribution in [2.24, 2.45) is 5.73 Å². The monoisotopic (exact) mass is 235 g/mol. The quantitative estimate of drug-likeness (QED) is 0.718. The Hall–Kier alpha value is -1.30. The van der Waals surface area contributed by atoms with Crippen molar-refractivity contribution in [1.29, 1.82) is 0 Å². The molecule has 0 bridgehead atoms. The summed E-state index contributed by atoms with van der Waals surface area (Å²) in [7, 11) is 0. The van der Waals surface area contributed by atoms with Crippen molar-refractivity contribution < 1.29 is 9.47 Å². The number of ether oxygens (including phenoxy) is 2. The summed E-state index contributed by atoms with van der Waals surface area (Å²) in [5, 5.41) is 0. The molecule has 2 aliphatic heterocycles. The summed E-state index contributed by atoms with van der Waals surface area (Å²) < 4.78 is 10.7. The summed E-state index contributed by atoms with van der Waals surface area (Å²) in [6.07, 6.45) is 2.05. The van der Waals surface area contributed by atoms with Gasteiger partial charge in [0.2, 0.25) is 6.79 Å². The molecule has 0 aromatic heterocycles. The highest BCUT2D eigenvalue weighted by molar-refractivity contribution is 5.45. The average molecular weight is 235 g/mol. The lowest BCUT2D eigenvalue weighted by molar-refractivity contribution is 0.174. The molecule has 1 aromatic carbocycles. The number of nitrogens with two attached hydrogens (primary N) is 1. The van der Waals surface area contributed by atoms with Crippen molar-refractivity contribution in [1.82, 2.24) is 10.9 Å². The van der Waals surface area contributed by atoms with E-state index in [1.807, 2.05) is 12.1 Å². The molecule has 0 spiro atoms. The van der Waals surface area contributed by atoms with Crippen LogP contribution in [0.2, 0.25) is 0 Å². The first-order valence-electron chi connectivity index (χ1n) is 5.97. The highest BCUT2D eigenvalue weighted by atomic mass is 16.7. The van der Waals surface area contributed by atoms with Crippen molar-refractivity contribution in [2.75, 3.05) is 13.3 Å². The molecule has 2 heterocycles. The highest BCUT2D eigenvalue weighted by Crippen LogP contribution is 2.35. The van der Waals surface area contributed by atoms with E-state index in [1.165, 1.54) is 5.56 Å². The maximum atomic E-state index is 5.56. The van der Waals surface area contributed by atoms with Crippen LogP contribution in [-0.2, 0) is 0 Å². The molecule has 0 saturated carbocycles. The molecule has 92 valence electrons. The van der Waals surface area contributed by atoms with Crippen molar-refractivity contribution in [2.45, 2.75) is 24.9 Å². The first kappa shape index (κ1) is 10.8. The normalized spacial score (nSPS) is 26.4. The van der Waals surface area contributed by atoms with Crippen molar-refractivity contribution in [3.63, 3.8) is 0 Å². The van der Waals surface area contributed by atoms with E-state index in [1.54, 1.807) is 0 Å². The highest BCUT2D eigenvalue weighted by Gasteiger charge is 2.25. The van der Waals surface area contributed by atoms with Crippen LogP contribution in [0.3, 0.4) is 0 Å². The Labute approximate surface area is 100 Å². The zero-order valence-corrected chi connectivity index (χ0v) is 9.61. The standard InChI is InChI=1S/C12H17N3O2/c13-4-3-9-6-10(15-14-9)8-1-2-11-12(5-8)17-7-16-11/h1-2,5,9-10,14-15H,3-4,6-7,13H2. The fourth-order valence-corrected chi connectivity index (χ4v) is 2.36. The van der Waals surface area contributed by atoms with Gasteiger partial charge in [0.15, 0.2) is 11.5 Å². The van der Waals surface area contributed by atoms with Crippen LogP contribution in [0.25, 0.3) is 0 Å². The number of hydrazine groups is 1. The topological polar surface area (TPSA) is 68.5 Å². The van der Waals surface area contributed by atoms with Gasteiger partial charge in [0, 0.05) is 12.1 Å². The fraction of sp³-hybridized carbons (Fsp3) is 0.500. The summed E-state index contributed by atoms with van der Waals surface area (Å²) in [6.45, 7) is 1.04. The summed E-state index contributed by atoms with van der Waals surface area (Å²) >= 11 is 0. The lowest BCUT2D eigenvalue weighted by Gasteiger charge is -2.10. The van der Waals surface area contributed by atoms with Gasteiger partial charge in [-0.3, -0.25) is 10.9 Å². The molecular weight excluding hydrogens is 218 g/mol. The van der Waals surface area contributed by atoms with Crippen LogP contribution in [0.15, 0.2) is 18.2 Å². The number of nitrogens with one attached hydrogen (secondary N) is 2. The van der Waals surface area contributed by atoms with E-state index < -0.39 is 0 Å². The Morgan fingerprint density at radius 3 is 3.00 bits per heavy atom. The predicted octanol–water partition coefficient (Wildman–Crippen LogP) is 0.672. The Balaban J connectivity index is 1.73. The SMILES string of the molecule is NCCC1CC(c2ccc3c(c2)OCO3)NN1. The van der Waals surface area contributed by atoms with Gasteiger partial charge in [-0.25, -0.2) is 0 Å². The summed E-state index contributed by atoms with van der Waals surface area (Å²) in [4.78, 5) is 0. The number of fused-ring (bicyclic) bond motifs is 1. The Morgan fingerprint density at radius 2 is 2.12 bits per heavy atom. The summed E-state index contributed by atoms with van der Waals surface area (Å²) in [5.74, 6) is 1.67. The molecule has 17 heavy (non-hydrogen) atoms. The molecule has 2 unspecified atom stereocenters. The molecule has 5 heteroatoms. The minimum atomic E-state index is 0.320. The smallest absolute Gasteiger partial charge is 0.231 e. The second-order valence-corrected chi connectivity index (χ2v) is 4.46. The Morgan fingerprint density at radius 1 is 1.24 bits per heavy atom. The molecule has 1 aromatic rings. The zero-order valence-electron chi connectivity index (χ0n) is 9.61. The van der Waals surface area contributed by atoms with Crippen LogP contribution in [0.1, 0.15) is 24.4 Å². The third-order valence-electron chi connectivity index (χ3n) is 3.30. The van der Waals surface area contributed by atoms with Crippen LogP contribution in [0, 0.1) is 0 Å². The molecule has 4 N–H and O–H groups in total. The molecule has 2 aliphatic rings. The lowest BCUT2D eigenvalue weighted by atomic mass is 10.0. The minimum absolute atomic E-state index is 0.320. The van der Waals surface area contributed by atoms with Crippen molar-refractivity contribution in [3.05, 3.63) is 23.8 Å². The first-order valence-corrected chi connectivity index (χ1v) is 5.97. The van der Waals surface area contributed by atoms with Crippen molar-refractivity contribution in [3.8, 4) is 11.5 Å². The molecule has 3 rings (SSSR count). The second kappa shape index (κ2) is 4.52. The molecular formula is C12H17N3O2. The molecule has 0 amide bonds. The van der Waals surface area contributed by atoms with E-state index in [0.717, 1.165) is 24.3 Å². The Kier molecular flexibility index (Phi) is 2.88. The fourth-order valence-electron chi connectivity index (χ4n) is 2.36. The van der Waals surface area contributed by atoms with Gasteiger partial charge in [-0.05, 0) is 37.1 Å². The molecule has 2 atom stereocenters. The first-order chi connectivity index (χ1) is 8.36.